The molecule has 106 valence electrons. The van der Waals surface area contributed by atoms with Gasteiger partial charge >= 0.3 is 0 Å². The maximum Gasteiger partial charge on any atom is 0.120 e. The van der Waals surface area contributed by atoms with Gasteiger partial charge in [0.25, 0.3) is 0 Å². The molecule has 2 rings (SSSR count). The molecule has 2 heteroatoms. The van der Waals surface area contributed by atoms with Crippen LogP contribution < -0.4 is 0 Å². The first-order valence-electron chi connectivity index (χ1n) is 7.58. The van der Waals surface area contributed by atoms with E-state index >= 15 is 0 Å². The van der Waals surface area contributed by atoms with Gasteiger partial charge in [-0.05, 0) is 43.8 Å². The minimum atomic E-state index is -0.713. The average molecular weight is 263 g/mol. The van der Waals surface area contributed by atoms with E-state index in [0.29, 0.717) is 6.54 Å². The first-order valence-corrected chi connectivity index (χ1v) is 7.58. The van der Waals surface area contributed by atoms with Crippen molar-refractivity contribution < 1.29 is 4.39 Å². The number of hydrogen-bond donors (Lipinski definition) is 0. The van der Waals surface area contributed by atoms with E-state index in [1.54, 1.807) is 0 Å². The van der Waals surface area contributed by atoms with Gasteiger partial charge in [0.15, 0.2) is 0 Å². The highest BCUT2D eigenvalue weighted by atomic mass is 19.1. The standard InChI is InChI=1S/C17H26FN/c1-14(2)7-6-11-19-12-10-16(17(18)13-19)15-8-4-3-5-9-15/h3-5,8-9,14,16-17H,6-7,10-13H2,1-2H3. The van der Waals surface area contributed by atoms with Crippen LogP contribution in [-0.2, 0) is 0 Å². The van der Waals surface area contributed by atoms with Gasteiger partial charge in [-0.3, -0.25) is 0 Å². The molecule has 1 fully saturated rings. The van der Waals surface area contributed by atoms with Crippen molar-refractivity contribution in [1.82, 2.24) is 4.90 Å². The van der Waals surface area contributed by atoms with Gasteiger partial charge in [0.05, 0.1) is 0 Å². The second-order valence-electron chi connectivity index (χ2n) is 6.16. The van der Waals surface area contributed by atoms with E-state index in [2.05, 4.69) is 30.9 Å². The third kappa shape index (κ3) is 4.31. The fraction of sp³-hybridized carbons (Fsp3) is 0.647. The number of nitrogens with zero attached hydrogens (tertiary/aromatic N) is 1. The lowest BCUT2D eigenvalue weighted by Gasteiger charge is -2.35. The molecule has 1 aromatic carbocycles. The molecule has 0 saturated carbocycles. The summed E-state index contributed by atoms with van der Waals surface area (Å²) >= 11 is 0. The second kappa shape index (κ2) is 7.04. The number of hydrogen-bond acceptors (Lipinski definition) is 1. The summed E-state index contributed by atoms with van der Waals surface area (Å²) in [4.78, 5) is 2.30. The van der Waals surface area contributed by atoms with Crippen LogP contribution in [0, 0.1) is 5.92 Å². The van der Waals surface area contributed by atoms with Crippen LogP contribution >= 0.6 is 0 Å². The fourth-order valence-electron chi connectivity index (χ4n) is 2.97. The van der Waals surface area contributed by atoms with Crippen LogP contribution in [0.4, 0.5) is 4.39 Å². The minimum Gasteiger partial charge on any atom is -0.300 e. The monoisotopic (exact) mass is 263 g/mol. The Balaban J connectivity index is 1.81. The van der Waals surface area contributed by atoms with Gasteiger partial charge in [-0.1, -0.05) is 44.2 Å². The molecular formula is C17H26FN. The van der Waals surface area contributed by atoms with Crippen molar-refractivity contribution in [2.75, 3.05) is 19.6 Å². The highest BCUT2D eigenvalue weighted by molar-refractivity contribution is 5.21. The van der Waals surface area contributed by atoms with E-state index in [-0.39, 0.29) is 5.92 Å². The van der Waals surface area contributed by atoms with E-state index in [9.17, 15) is 4.39 Å². The van der Waals surface area contributed by atoms with Gasteiger partial charge in [-0.2, -0.15) is 0 Å². The van der Waals surface area contributed by atoms with E-state index in [1.807, 2.05) is 18.2 Å². The van der Waals surface area contributed by atoms with Crippen LogP contribution in [-0.4, -0.2) is 30.7 Å². The molecule has 1 aliphatic heterocycles. The normalized spacial score (nSPS) is 24.8. The number of benzene rings is 1. The van der Waals surface area contributed by atoms with E-state index in [1.165, 1.54) is 12.8 Å². The first-order chi connectivity index (χ1) is 9.16. The molecule has 1 heterocycles. The molecule has 0 radical (unpaired) electrons. The van der Waals surface area contributed by atoms with E-state index < -0.39 is 6.17 Å². The zero-order chi connectivity index (χ0) is 13.7. The molecule has 0 bridgehead atoms. The van der Waals surface area contributed by atoms with E-state index in [0.717, 1.165) is 31.0 Å². The molecule has 19 heavy (non-hydrogen) atoms. The SMILES string of the molecule is CC(C)CCCN1CCC(c2ccccc2)C(F)C1. The Hall–Kier alpha value is -0.890. The Morgan fingerprint density at radius 2 is 2.00 bits per heavy atom. The summed E-state index contributed by atoms with van der Waals surface area (Å²) in [6, 6.07) is 10.1. The van der Waals surface area contributed by atoms with Crippen molar-refractivity contribution in [2.24, 2.45) is 5.92 Å². The zero-order valence-corrected chi connectivity index (χ0v) is 12.2. The molecule has 2 unspecified atom stereocenters. The summed E-state index contributed by atoms with van der Waals surface area (Å²) in [5.41, 5.74) is 1.16. The van der Waals surface area contributed by atoms with Gasteiger partial charge < -0.3 is 4.90 Å². The summed E-state index contributed by atoms with van der Waals surface area (Å²) in [6.07, 6.45) is 2.68. The van der Waals surface area contributed by atoms with Crippen molar-refractivity contribution in [1.29, 1.82) is 0 Å². The molecule has 1 aliphatic rings. The van der Waals surface area contributed by atoms with Crippen molar-refractivity contribution >= 4 is 0 Å². The summed E-state index contributed by atoms with van der Waals surface area (Å²) in [5.74, 6) is 0.852. The molecular weight excluding hydrogens is 237 g/mol. The lowest BCUT2D eigenvalue weighted by Crippen LogP contribution is -2.41. The Bertz CT molecular complexity index is 363. The van der Waals surface area contributed by atoms with Crippen LogP contribution in [0.25, 0.3) is 0 Å². The van der Waals surface area contributed by atoms with Gasteiger partial charge in [-0.25, -0.2) is 4.39 Å². The third-order valence-corrected chi connectivity index (χ3v) is 4.11. The van der Waals surface area contributed by atoms with Gasteiger partial charge in [-0.15, -0.1) is 0 Å². The van der Waals surface area contributed by atoms with Crippen LogP contribution in [0.2, 0.25) is 0 Å². The lowest BCUT2D eigenvalue weighted by molar-refractivity contribution is 0.115. The van der Waals surface area contributed by atoms with Gasteiger partial charge in [0.1, 0.15) is 6.17 Å². The molecule has 1 nitrogen and oxygen atoms in total. The summed E-state index contributed by atoms with van der Waals surface area (Å²) in [7, 11) is 0. The van der Waals surface area contributed by atoms with Crippen molar-refractivity contribution in [3.63, 3.8) is 0 Å². The van der Waals surface area contributed by atoms with Crippen molar-refractivity contribution in [3.8, 4) is 0 Å². The molecule has 1 aromatic rings. The predicted molar refractivity (Wildman–Crippen MR) is 79.2 cm³/mol. The Morgan fingerprint density at radius 1 is 1.26 bits per heavy atom. The minimum absolute atomic E-state index is 0.0996. The van der Waals surface area contributed by atoms with Crippen LogP contribution in [0.5, 0.6) is 0 Å². The maximum absolute atomic E-state index is 14.3. The van der Waals surface area contributed by atoms with Crippen molar-refractivity contribution in [3.05, 3.63) is 35.9 Å². The first kappa shape index (κ1) is 14.5. The van der Waals surface area contributed by atoms with Gasteiger partial charge in [0.2, 0.25) is 0 Å². The fourth-order valence-corrected chi connectivity index (χ4v) is 2.97. The highest BCUT2D eigenvalue weighted by Gasteiger charge is 2.29. The molecule has 0 amide bonds. The predicted octanol–water partition coefficient (Wildman–Crippen LogP) is 4.25. The topological polar surface area (TPSA) is 3.24 Å². The maximum atomic E-state index is 14.3. The summed E-state index contributed by atoms with van der Waals surface area (Å²) in [5, 5.41) is 0. The average Bonchev–Trinajstić information content (AvgIpc) is 2.39. The van der Waals surface area contributed by atoms with Crippen molar-refractivity contribution in [2.45, 2.75) is 45.2 Å². The van der Waals surface area contributed by atoms with Crippen LogP contribution in [0.3, 0.4) is 0 Å². The molecule has 0 spiro atoms. The largest absolute Gasteiger partial charge is 0.300 e. The Labute approximate surface area is 116 Å². The Morgan fingerprint density at radius 3 is 2.63 bits per heavy atom. The Kier molecular flexibility index (Phi) is 5.38. The summed E-state index contributed by atoms with van der Waals surface area (Å²) < 4.78 is 14.3. The molecule has 0 aliphatic carbocycles. The smallest absolute Gasteiger partial charge is 0.120 e. The quantitative estimate of drug-likeness (QED) is 0.767. The van der Waals surface area contributed by atoms with Gasteiger partial charge in [0, 0.05) is 12.5 Å². The van der Waals surface area contributed by atoms with Crippen LogP contribution in [0.15, 0.2) is 30.3 Å². The summed E-state index contributed by atoms with van der Waals surface area (Å²) in [6.45, 7) is 7.20. The second-order valence-corrected chi connectivity index (χ2v) is 6.16. The number of halogens is 1. The number of rotatable bonds is 5. The molecule has 0 N–H and O–H groups in total. The lowest BCUT2D eigenvalue weighted by atomic mass is 9.88. The third-order valence-electron chi connectivity index (χ3n) is 4.11. The van der Waals surface area contributed by atoms with E-state index in [4.69, 9.17) is 0 Å². The number of likely N-dealkylation sites (tertiary alicyclic amines) is 1. The number of piperidine rings is 1. The number of alkyl halides is 1. The molecule has 2 atom stereocenters. The molecule has 1 saturated heterocycles. The van der Waals surface area contributed by atoms with Crippen LogP contribution in [0.1, 0.15) is 44.6 Å². The molecule has 0 aromatic heterocycles. The zero-order valence-electron chi connectivity index (χ0n) is 12.2. The highest BCUT2D eigenvalue weighted by Crippen LogP contribution is 2.30.